The van der Waals surface area contributed by atoms with Gasteiger partial charge in [0.15, 0.2) is 0 Å². The molecule has 1 aromatic carbocycles. The van der Waals surface area contributed by atoms with Crippen LogP contribution in [0.5, 0.6) is 5.75 Å². The van der Waals surface area contributed by atoms with Crippen LogP contribution in [-0.4, -0.2) is 23.8 Å². The Balaban J connectivity index is 2.19. The minimum Gasteiger partial charge on any atom is -0.491 e. The van der Waals surface area contributed by atoms with Gasteiger partial charge >= 0.3 is 11.9 Å². The molecule has 0 saturated carbocycles. The molecule has 0 spiro atoms. The second kappa shape index (κ2) is 5.60. The lowest BCUT2D eigenvalue weighted by Crippen LogP contribution is -2.41. The van der Waals surface area contributed by atoms with Crippen molar-refractivity contribution in [1.29, 1.82) is 0 Å². The molecule has 1 saturated heterocycles. The van der Waals surface area contributed by atoms with Crippen LogP contribution in [0.15, 0.2) is 29.8 Å². The van der Waals surface area contributed by atoms with Gasteiger partial charge in [0, 0.05) is 13.8 Å². The third kappa shape index (κ3) is 3.84. The van der Waals surface area contributed by atoms with E-state index in [-0.39, 0.29) is 11.7 Å². The third-order valence-corrected chi connectivity index (χ3v) is 2.68. The number of carbonyl (C=O) groups is 2. The summed E-state index contributed by atoms with van der Waals surface area (Å²) in [4.78, 5) is 23.6. The molecule has 1 aliphatic heterocycles. The highest BCUT2D eigenvalue weighted by atomic mass is 16.7. The second-order valence-corrected chi connectivity index (χ2v) is 5.47. The Morgan fingerprint density at radius 1 is 1.05 bits per heavy atom. The quantitative estimate of drug-likeness (QED) is 0.486. The first-order valence-corrected chi connectivity index (χ1v) is 6.72. The van der Waals surface area contributed by atoms with Crippen LogP contribution in [0.25, 0.3) is 6.08 Å². The van der Waals surface area contributed by atoms with Gasteiger partial charge in [0.25, 0.3) is 5.79 Å². The van der Waals surface area contributed by atoms with E-state index in [1.165, 1.54) is 19.9 Å². The summed E-state index contributed by atoms with van der Waals surface area (Å²) in [6.07, 6.45) is 1.53. The molecule has 0 atom stereocenters. The van der Waals surface area contributed by atoms with Crippen molar-refractivity contribution in [3.63, 3.8) is 0 Å². The Morgan fingerprint density at radius 3 is 2.05 bits per heavy atom. The second-order valence-electron chi connectivity index (χ2n) is 5.47. The summed E-state index contributed by atoms with van der Waals surface area (Å²) in [5, 5.41) is 0. The standard InChI is InChI=1S/C16H18O5/c1-10(2)19-12-7-5-11(6-8-12)9-13-14(17)20-16(3,4)21-15(13)18/h5-10H,1-4H3. The van der Waals surface area contributed by atoms with E-state index in [9.17, 15) is 9.59 Å². The zero-order chi connectivity index (χ0) is 15.6. The van der Waals surface area contributed by atoms with E-state index in [2.05, 4.69) is 0 Å². The Kier molecular flexibility index (Phi) is 4.02. The fourth-order valence-electron chi connectivity index (χ4n) is 1.86. The maximum atomic E-state index is 11.8. The molecule has 0 bridgehead atoms. The molecule has 0 amide bonds. The summed E-state index contributed by atoms with van der Waals surface area (Å²) in [5.41, 5.74) is 0.571. The molecular formula is C16H18O5. The van der Waals surface area contributed by atoms with Crippen molar-refractivity contribution in [2.24, 2.45) is 0 Å². The van der Waals surface area contributed by atoms with Crippen LogP contribution in [0.3, 0.4) is 0 Å². The summed E-state index contributed by atoms with van der Waals surface area (Å²) < 4.78 is 15.6. The first kappa shape index (κ1) is 15.1. The summed E-state index contributed by atoms with van der Waals surface area (Å²) >= 11 is 0. The van der Waals surface area contributed by atoms with E-state index >= 15 is 0 Å². The van der Waals surface area contributed by atoms with Crippen LogP contribution in [0.2, 0.25) is 0 Å². The lowest BCUT2D eigenvalue weighted by Gasteiger charge is -2.29. The number of hydrogen-bond donors (Lipinski definition) is 0. The van der Waals surface area contributed by atoms with Crippen LogP contribution >= 0.6 is 0 Å². The topological polar surface area (TPSA) is 61.8 Å². The van der Waals surface area contributed by atoms with Gasteiger partial charge in [0.1, 0.15) is 11.3 Å². The molecule has 1 aliphatic rings. The lowest BCUT2D eigenvalue weighted by atomic mass is 10.1. The van der Waals surface area contributed by atoms with E-state index in [4.69, 9.17) is 14.2 Å². The van der Waals surface area contributed by atoms with Crippen molar-refractivity contribution in [3.8, 4) is 5.75 Å². The molecule has 0 radical (unpaired) electrons. The van der Waals surface area contributed by atoms with Crippen molar-refractivity contribution in [2.75, 3.05) is 0 Å². The molecule has 1 aromatic rings. The lowest BCUT2D eigenvalue weighted by molar-refractivity contribution is -0.222. The molecule has 112 valence electrons. The van der Waals surface area contributed by atoms with Crippen LogP contribution in [0.1, 0.15) is 33.3 Å². The van der Waals surface area contributed by atoms with Crippen molar-refractivity contribution < 1.29 is 23.8 Å². The Labute approximate surface area is 123 Å². The normalized spacial score (nSPS) is 17.3. The average molecular weight is 290 g/mol. The largest absolute Gasteiger partial charge is 0.491 e. The fourth-order valence-corrected chi connectivity index (χ4v) is 1.86. The van der Waals surface area contributed by atoms with Crippen molar-refractivity contribution in [2.45, 2.75) is 39.6 Å². The van der Waals surface area contributed by atoms with E-state index < -0.39 is 17.7 Å². The van der Waals surface area contributed by atoms with Crippen LogP contribution in [0, 0.1) is 0 Å². The molecule has 0 N–H and O–H groups in total. The fraction of sp³-hybridized carbons (Fsp3) is 0.375. The van der Waals surface area contributed by atoms with Gasteiger partial charge in [-0.25, -0.2) is 9.59 Å². The highest BCUT2D eigenvalue weighted by molar-refractivity contribution is 6.18. The molecule has 0 aliphatic carbocycles. The number of hydrogen-bond acceptors (Lipinski definition) is 5. The van der Waals surface area contributed by atoms with E-state index in [0.717, 1.165) is 5.75 Å². The summed E-state index contributed by atoms with van der Waals surface area (Å²) in [6, 6.07) is 7.06. The SMILES string of the molecule is CC(C)Oc1ccc(C=C2C(=O)OC(C)(C)OC2=O)cc1. The number of cyclic esters (lactones) is 2. The van der Waals surface area contributed by atoms with Gasteiger partial charge in [-0.2, -0.15) is 0 Å². The summed E-state index contributed by atoms with van der Waals surface area (Å²) in [5.74, 6) is -1.86. The molecular weight excluding hydrogens is 272 g/mol. The Bertz CT molecular complexity index is 559. The Hall–Kier alpha value is -2.30. The molecule has 5 nitrogen and oxygen atoms in total. The molecule has 0 unspecified atom stereocenters. The average Bonchev–Trinajstić information content (AvgIpc) is 2.34. The molecule has 2 rings (SSSR count). The van der Waals surface area contributed by atoms with Gasteiger partial charge in [-0.05, 0) is 37.6 Å². The Morgan fingerprint density at radius 2 is 1.57 bits per heavy atom. The van der Waals surface area contributed by atoms with Crippen molar-refractivity contribution in [1.82, 2.24) is 0 Å². The predicted molar refractivity (Wildman–Crippen MR) is 76.4 cm³/mol. The van der Waals surface area contributed by atoms with Crippen LogP contribution < -0.4 is 4.74 Å². The molecule has 5 heteroatoms. The van der Waals surface area contributed by atoms with Crippen LogP contribution in [-0.2, 0) is 19.1 Å². The number of carbonyl (C=O) groups excluding carboxylic acids is 2. The highest BCUT2D eigenvalue weighted by Crippen LogP contribution is 2.24. The number of benzene rings is 1. The smallest absolute Gasteiger partial charge is 0.348 e. The van der Waals surface area contributed by atoms with Crippen molar-refractivity contribution >= 4 is 18.0 Å². The maximum Gasteiger partial charge on any atom is 0.348 e. The minimum absolute atomic E-state index is 0.0831. The first-order valence-electron chi connectivity index (χ1n) is 6.72. The zero-order valence-corrected chi connectivity index (χ0v) is 12.5. The van der Waals surface area contributed by atoms with Crippen LogP contribution in [0.4, 0.5) is 0 Å². The summed E-state index contributed by atoms with van der Waals surface area (Å²) in [6.45, 7) is 6.90. The predicted octanol–water partition coefficient (Wildman–Crippen LogP) is 2.69. The monoisotopic (exact) mass is 290 g/mol. The minimum atomic E-state index is -1.22. The first-order chi connectivity index (χ1) is 9.77. The highest BCUT2D eigenvalue weighted by Gasteiger charge is 2.38. The number of ether oxygens (including phenoxy) is 3. The van der Waals surface area contributed by atoms with Gasteiger partial charge in [0.2, 0.25) is 0 Å². The molecule has 1 heterocycles. The zero-order valence-electron chi connectivity index (χ0n) is 12.5. The number of esters is 2. The van der Waals surface area contributed by atoms with Gasteiger partial charge in [-0.1, -0.05) is 12.1 Å². The van der Waals surface area contributed by atoms with Gasteiger partial charge in [0.05, 0.1) is 6.10 Å². The molecule has 1 fully saturated rings. The summed E-state index contributed by atoms with van der Waals surface area (Å²) in [7, 11) is 0. The molecule has 21 heavy (non-hydrogen) atoms. The number of rotatable bonds is 3. The van der Waals surface area contributed by atoms with E-state index in [0.29, 0.717) is 5.56 Å². The maximum absolute atomic E-state index is 11.8. The van der Waals surface area contributed by atoms with E-state index in [1.807, 2.05) is 13.8 Å². The third-order valence-electron chi connectivity index (χ3n) is 2.68. The van der Waals surface area contributed by atoms with Gasteiger partial charge < -0.3 is 14.2 Å². The van der Waals surface area contributed by atoms with Crippen molar-refractivity contribution in [3.05, 3.63) is 35.4 Å². The van der Waals surface area contributed by atoms with Gasteiger partial charge in [-0.3, -0.25) is 0 Å². The van der Waals surface area contributed by atoms with E-state index in [1.54, 1.807) is 24.3 Å². The van der Waals surface area contributed by atoms with Gasteiger partial charge in [-0.15, -0.1) is 0 Å². The molecule has 0 aromatic heterocycles.